The Morgan fingerprint density at radius 3 is 2.29 bits per heavy atom. The Balaban J connectivity index is 2.82. The van der Waals surface area contributed by atoms with Crippen molar-refractivity contribution in [3.05, 3.63) is 17.2 Å². The van der Waals surface area contributed by atoms with Crippen LogP contribution in [-0.4, -0.2) is 35.4 Å². The highest BCUT2D eigenvalue weighted by Crippen LogP contribution is 2.09. The van der Waals surface area contributed by atoms with Gasteiger partial charge < -0.3 is 0 Å². The van der Waals surface area contributed by atoms with E-state index in [1.54, 1.807) is 0 Å². The summed E-state index contributed by atoms with van der Waals surface area (Å²) in [5.41, 5.74) is 0.684. The molecule has 0 fully saturated rings. The second-order valence-electron chi connectivity index (χ2n) is 3.00. The molecular formula is C8H2B3NO2. The van der Waals surface area contributed by atoms with Gasteiger partial charge in [0.1, 0.15) is 23.5 Å². The molecule has 2 rings (SSSR count). The second-order valence-corrected chi connectivity index (χ2v) is 3.00. The summed E-state index contributed by atoms with van der Waals surface area (Å²) in [7, 11) is 16.6. The zero-order valence-electron chi connectivity index (χ0n) is 7.13. The van der Waals surface area contributed by atoms with Gasteiger partial charge in [0.15, 0.2) is 0 Å². The van der Waals surface area contributed by atoms with Crippen molar-refractivity contribution in [2.75, 3.05) is 0 Å². The van der Waals surface area contributed by atoms with Crippen LogP contribution in [0.5, 0.6) is 0 Å². The summed E-state index contributed by atoms with van der Waals surface area (Å²) < 4.78 is 0. The molecule has 0 saturated carbocycles. The van der Waals surface area contributed by atoms with Gasteiger partial charge in [0.25, 0.3) is 11.8 Å². The van der Waals surface area contributed by atoms with Gasteiger partial charge in [0.05, 0.1) is 5.56 Å². The molecule has 6 heteroatoms. The number of amides is 2. The summed E-state index contributed by atoms with van der Waals surface area (Å²) in [5, 5.41) is 2.11. The molecule has 0 aliphatic carbocycles. The third-order valence-electron chi connectivity index (χ3n) is 2.14. The largest absolute Gasteiger partial charge is 0.288 e. The van der Waals surface area contributed by atoms with Gasteiger partial charge in [0, 0.05) is 5.56 Å². The van der Waals surface area contributed by atoms with Crippen LogP contribution in [0.3, 0.4) is 0 Å². The molecule has 1 N–H and O–H groups in total. The molecule has 1 aliphatic rings. The molecule has 60 valence electrons. The summed E-state index contributed by atoms with van der Waals surface area (Å²) in [6.45, 7) is 0. The van der Waals surface area contributed by atoms with Crippen molar-refractivity contribution in [3.63, 3.8) is 0 Å². The van der Waals surface area contributed by atoms with Crippen LogP contribution in [0.2, 0.25) is 0 Å². The molecule has 0 bridgehead atoms. The van der Waals surface area contributed by atoms with Crippen LogP contribution in [-0.2, 0) is 0 Å². The van der Waals surface area contributed by atoms with Crippen LogP contribution in [0.1, 0.15) is 20.7 Å². The zero-order chi connectivity index (χ0) is 10.5. The Bertz CT molecular complexity index is 470. The fraction of sp³-hybridized carbons (Fsp3) is 0. The maximum atomic E-state index is 11.3. The minimum atomic E-state index is -0.533. The quantitative estimate of drug-likeness (QED) is 0.337. The molecule has 6 radical (unpaired) electrons. The summed E-state index contributed by atoms with van der Waals surface area (Å²) >= 11 is 0. The van der Waals surface area contributed by atoms with Crippen LogP contribution in [0.4, 0.5) is 0 Å². The third kappa shape index (κ3) is 1.03. The first-order valence-corrected chi connectivity index (χ1v) is 3.85. The standard InChI is InChI=1S/C8H2B3NO2/c9-3-1-2-4(6(11)5(3)10)8(14)12-7(2)13/h1H,(H,12,13,14). The average molecular weight is 177 g/mol. The number of fused-ring (bicyclic) bond motifs is 1. The number of imide groups is 1. The van der Waals surface area contributed by atoms with Gasteiger partial charge >= 0.3 is 0 Å². The van der Waals surface area contributed by atoms with Crippen LogP contribution in [0.25, 0.3) is 0 Å². The Hall–Kier alpha value is -1.45. The van der Waals surface area contributed by atoms with Crippen molar-refractivity contribution >= 4 is 51.7 Å². The lowest BCUT2D eigenvalue weighted by Crippen LogP contribution is -2.42. The third-order valence-corrected chi connectivity index (χ3v) is 2.14. The molecule has 1 aromatic rings. The monoisotopic (exact) mass is 177 g/mol. The predicted molar refractivity (Wildman–Crippen MR) is 54.4 cm³/mol. The SMILES string of the molecule is [B]c1cc2c(c([B])c1[B])C(=O)NC2=O. The van der Waals surface area contributed by atoms with E-state index in [0.717, 1.165) is 0 Å². The first kappa shape index (κ1) is 9.12. The smallest absolute Gasteiger partial charge is 0.258 e. The fourth-order valence-electron chi connectivity index (χ4n) is 1.40. The van der Waals surface area contributed by atoms with Gasteiger partial charge in [-0.05, 0) is 0 Å². The van der Waals surface area contributed by atoms with E-state index in [-0.39, 0.29) is 27.5 Å². The van der Waals surface area contributed by atoms with Gasteiger partial charge in [-0.25, -0.2) is 0 Å². The van der Waals surface area contributed by atoms with Crippen molar-refractivity contribution in [1.29, 1.82) is 0 Å². The van der Waals surface area contributed by atoms with E-state index in [1.807, 2.05) is 0 Å². The van der Waals surface area contributed by atoms with Gasteiger partial charge in [-0.1, -0.05) is 11.5 Å². The van der Waals surface area contributed by atoms with Gasteiger partial charge in [-0.15, -0.1) is 10.9 Å². The number of benzene rings is 1. The van der Waals surface area contributed by atoms with Gasteiger partial charge in [-0.2, -0.15) is 0 Å². The van der Waals surface area contributed by atoms with Crippen LogP contribution in [0, 0.1) is 0 Å². The highest BCUT2D eigenvalue weighted by atomic mass is 16.2. The number of nitrogens with one attached hydrogen (secondary N) is 1. The normalized spacial score (nSPS) is 14.0. The lowest BCUT2D eigenvalue weighted by Gasteiger charge is -2.09. The summed E-state index contributed by atoms with van der Waals surface area (Å²) in [5.74, 6) is -1.03. The molecule has 3 nitrogen and oxygen atoms in total. The molecule has 1 heterocycles. The molecule has 0 saturated heterocycles. The molecule has 1 aliphatic heterocycles. The first-order chi connectivity index (χ1) is 6.52. The molecule has 1 aromatic carbocycles. The number of hydrogen-bond acceptors (Lipinski definition) is 2. The summed E-state index contributed by atoms with van der Waals surface area (Å²) in [4.78, 5) is 22.5. The summed E-state index contributed by atoms with van der Waals surface area (Å²) in [6, 6.07) is 1.35. The maximum absolute atomic E-state index is 11.3. The van der Waals surface area contributed by atoms with Crippen molar-refractivity contribution in [1.82, 2.24) is 5.32 Å². The number of carbonyl (C=O) groups excluding carboxylic acids is 2. The number of carbonyl (C=O) groups is 2. The molecule has 0 spiro atoms. The zero-order valence-corrected chi connectivity index (χ0v) is 7.13. The Labute approximate surface area is 84.5 Å². The predicted octanol–water partition coefficient (Wildman–Crippen LogP) is -3.05. The lowest BCUT2D eigenvalue weighted by atomic mass is 9.69. The minimum absolute atomic E-state index is 0.0587. The maximum Gasteiger partial charge on any atom is 0.258 e. The Morgan fingerprint density at radius 1 is 1.00 bits per heavy atom. The van der Waals surface area contributed by atoms with E-state index in [1.165, 1.54) is 6.07 Å². The number of hydrogen-bond donors (Lipinski definition) is 1. The lowest BCUT2D eigenvalue weighted by molar-refractivity contribution is 0.0880. The van der Waals surface area contributed by atoms with Crippen molar-refractivity contribution in [2.45, 2.75) is 0 Å². The van der Waals surface area contributed by atoms with Crippen LogP contribution in [0.15, 0.2) is 6.07 Å². The average Bonchev–Trinajstić information content (AvgIpc) is 2.38. The van der Waals surface area contributed by atoms with E-state index in [2.05, 4.69) is 5.32 Å². The van der Waals surface area contributed by atoms with E-state index < -0.39 is 11.8 Å². The van der Waals surface area contributed by atoms with Crippen molar-refractivity contribution in [2.24, 2.45) is 0 Å². The minimum Gasteiger partial charge on any atom is -0.288 e. The van der Waals surface area contributed by atoms with E-state index in [0.29, 0.717) is 0 Å². The van der Waals surface area contributed by atoms with Crippen LogP contribution < -0.4 is 21.7 Å². The second kappa shape index (κ2) is 2.77. The highest BCUT2D eigenvalue weighted by molar-refractivity contribution is 6.59. The molecule has 0 unspecified atom stereocenters. The molecule has 0 atom stereocenters. The molecular weight excluding hydrogens is 175 g/mol. The van der Waals surface area contributed by atoms with E-state index in [9.17, 15) is 9.59 Å². The van der Waals surface area contributed by atoms with Crippen molar-refractivity contribution in [3.8, 4) is 0 Å². The van der Waals surface area contributed by atoms with E-state index in [4.69, 9.17) is 23.5 Å². The Kier molecular flexibility index (Phi) is 1.81. The fourth-order valence-corrected chi connectivity index (χ4v) is 1.40. The van der Waals surface area contributed by atoms with Crippen molar-refractivity contribution < 1.29 is 9.59 Å². The van der Waals surface area contributed by atoms with Gasteiger partial charge in [-0.3, -0.25) is 14.9 Å². The topological polar surface area (TPSA) is 46.2 Å². The summed E-state index contributed by atoms with van der Waals surface area (Å²) in [6.07, 6.45) is 0. The molecule has 0 aromatic heterocycles. The first-order valence-electron chi connectivity index (χ1n) is 3.85. The Morgan fingerprint density at radius 2 is 1.64 bits per heavy atom. The highest BCUT2D eigenvalue weighted by Gasteiger charge is 2.28. The molecule has 2 amide bonds. The van der Waals surface area contributed by atoms with Crippen LogP contribution >= 0.6 is 0 Å². The molecule has 14 heavy (non-hydrogen) atoms. The van der Waals surface area contributed by atoms with Gasteiger partial charge in [0.2, 0.25) is 0 Å². The van der Waals surface area contributed by atoms with E-state index >= 15 is 0 Å². The number of rotatable bonds is 0.